The molecule has 5 aromatic carbocycles. The molecule has 0 aliphatic carbocycles. The average Bonchev–Trinajstić information content (AvgIpc) is 3.62. The molecule has 0 radical (unpaired) electrons. The van der Waals surface area contributed by atoms with Crippen molar-refractivity contribution in [2.45, 2.75) is 39.0 Å². The van der Waals surface area contributed by atoms with Gasteiger partial charge in [-0.05, 0) is 63.7 Å². The Morgan fingerprint density at radius 2 is 1.42 bits per heavy atom. The molecule has 0 saturated carbocycles. The van der Waals surface area contributed by atoms with Gasteiger partial charge in [-0.3, -0.25) is 0 Å². The van der Waals surface area contributed by atoms with E-state index in [0.717, 1.165) is 39.2 Å². The van der Waals surface area contributed by atoms with Gasteiger partial charge in [-0.2, -0.15) is 35.9 Å². The number of benzene rings is 5. The first-order valence-corrected chi connectivity index (χ1v) is 16.3. The third kappa shape index (κ3) is 5.20. The van der Waals surface area contributed by atoms with Crippen LogP contribution in [0.2, 0.25) is 0 Å². The van der Waals surface area contributed by atoms with Gasteiger partial charge in [0.2, 0.25) is 0 Å². The van der Waals surface area contributed by atoms with Gasteiger partial charge in [-0.15, -0.1) is 23.1 Å². The van der Waals surface area contributed by atoms with Gasteiger partial charge >= 0.3 is 0 Å². The minimum Gasteiger partial charge on any atom is -0.319 e. The summed E-state index contributed by atoms with van der Waals surface area (Å²) in [5.41, 5.74) is 11.1. The van der Waals surface area contributed by atoms with Crippen LogP contribution in [0, 0.1) is 12.1 Å². The van der Waals surface area contributed by atoms with Gasteiger partial charge in [0, 0.05) is 57.6 Å². The summed E-state index contributed by atoms with van der Waals surface area (Å²) in [6, 6.07) is 48.7. The van der Waals surface area contributed by atoms with Crippen LogP contribution in [0.3, 0.4) is 0 Å². The first kappa shape index (κ1) is 31.8. The number of aromatic nitrogens is 4. The fourth-order valence-corrected chi connectivity index (χ4v) is 7.03. The molecule has 0 bridgehead atoms. The molecule has 3 aromatic heterocycles. The quantitative estimate of drug-likeness (QED) is 0.154. The summed E-state index contributed by atoms with van der Waals surface area (Å²) in [5, 5.41) is 2.36. The molecule has 0 amide bonds. The largest absolute Gasteiger partial charge is 0.319 e. The molecule has 0 aliphatic heterocycles. The summed E-state index contributed by atoms with van der Waals surface area (Å²) in [4.78, 5) is 4.94. The molecular formula is C43H37N4Pt-. The zero-order valence-electron chi connectivity index (χ0n) is 27.8. The van der Waals surface area contributed by atoms with E-state index in [9.17, 15) is 0 Å². The third-order valence-corrected chi connectivity index (χ3v) is 9.65. The van der Waals surface area contributed by atoms with E-state index in [2.05, 4.69) is 182 Å². The van der Waals surface area contributed by atoms with E-state index in [0.29, 0.717) is 5.92 Å². The van der Waals surface area contributed by atoms with E-state index in [4.69, 9.17) is 4.98 Å². The number of fused-ring (bicyclic) bond motifs is 4. The molecule has 5 heteroatoms. The van der Waals surface area contributed by atoms with Crippen LogP contribution >= 0.6 is 0 Å². The second-order valence-corrected chi connectivity index (χ2v) is 13.3. The standard InChI is InChI=1S/C43H37N4.Pt/c1-29(2)34-15-6-7-16-35(34)30-23-24-44-42(25-30)47-38-18-9-8-17-36(38)37-22-21-32(27-41(37)47)43(3,4)31-13-12-14-33(26-31)46-28-45(5)39-19-10-11-20-40(39)46;/h6-25,28-29H,1-5H3;/q-1;. The van der Waals surface area contributed by atoms with E-state index in [-0.39, 0.29) is 26.5 Å². The summed E-state index contributed by atoms with van der Waals surface area (Å²) in [7, 11) is 2.09. The predicted molar refractivity (Wildman–Crippen MR) is 195 cm³/mol. The monoisotopic (exact) mass is 804 g/mol. The first-order chi connectivity index (χ1) is 22.8. The smallest absolute Gasteiger partial charge is 0.188 e. The van der Waals surface area contributed by atoms with Gasteiger partial charge in [0.15, 0.2) is 17.4 Å². The Morgan fingerprint density at radius 1 is 0.708 bits per heavy atom. The third-order valence-electron chi connectivity index (χ3n) is 9.65. The predicted octanol–water partition coefficient (Wildman–Crippen LogP) is 10.5. The molecule has 0 N–H and O–H groups in total. The maximum Gasteiger partial charge on any atom is 0.188 e. The van der Waals surface area contributed by atoms with Crippen molar-refractivity contribution in [3.05, 3.63) is 157 Å². The number of hydrogen-bond donors (Lipinski definition) is 0. The first-order valence-electron chi connectivity index (χ1n) is 16.3. The van der Waals surface area contributed by atoms with E-state index in [1.165, 1.54) is 33.0 Å². The Hall–Kier alpha value is -4.79. The van der Waals surface area contributed by atoms with Gasteiger partial charge in [0.1, 0.15) is 5.82 Å². The van der Waals surface area contributed by atoms with Crippen LogP contribution in [0.1, 0.15) is 50.3 Å². The van der Waals surface area contributed by atoms with Gasteiger partial charge in [0.05, 0.1) is 0 Å². The minimum atomic E-state index is -0.359. The van der Waals surface area contributed by atoms with E-state index >= 15 is 0 Å². The number of nitrogens with zero attached hydrogens (tertiary/aromatic N) is 4. The number of rotatable bonds is 6. The topological polar surface area (TPSA) is 27.7 Å². The second-order valence-electron chi connectivity index (χ2n) is 13.3. The van der Waals surface area contributed by atoms with Crippen molar-refractivity contribution in [1.82, 2.24) is 18.7 Å². The van der Waals surface area contributed by atoms with Crippen LogP contribution in [0.25, 0.3) is 55.5 Å². The van der Waals surface area contributed by atoms with Crippen molar-refractivity contribution in [2.24, 2.45) is 7.05 Å². The molecule has 0 spiro atoms. The van der Waals surface area contributed by atoms with E-state index in [1.807, 2.05) is 6.20 Å². The summed E-state index contributed by atoms with van der Waals surface area (Å²) in [6.45, 7) is 9.03. The van der Waals surface area contributed by atoms with Gasteiger partial charge in [-0.1, -0.05) is 75.7 Å². The van der Waals surface area contributed by atoms with Crippen molar-refractivity contribution >= 4 is 32.8 Å². The van der Waals surface area contributed by atoms with Crippen LogP contribution < -0.4 is 0 Å². The van der Waals surface area contributed by atoms with Crippen molar-refractivity contribution in [2.75, 3.05) is 0 Å². The Bertz CT molecular complexity index is 2450. The van der Waals surface area contributed by atoms with E-state index < -0.39 is 0 Å². The van der Waals surface area contributed by atoms with E-state index in [1.54, 1.807) is 0 Å². The Balaban J connectivity index is 0.00000364. The molecule has 0 aliphatic rings. The molecule has 0 atom stereocenters. The van der Waals surface area contributed by atoms with Crippen molar-refractivity contribution < 1.29 is 21.1 Å². The van der Waals surface area contributed by atoms with Gasteiger partial charge < -0.3 is 4.57 Å². The molecule has 0 fully saturated rings. The average molecular weight is 805 g/mol. The maximum absolute atomic E-state index is 4.94. The second kappa shape index (κ2) is 12.3. The molecular weight excluding hydrogens is 768 g/mol. The van der Waals surface area contributed by atoms with Crippen LogP contribution in [-0.4, -0.2) is 18.7 Å². The molecule has 4 nitrogen and oxygen atoms in total. The zero-order valence-corrected chi connectivity index (χ0v) is 30.1. The molecule has 48 heavy (non-hydrogen) atoms. The van der Waals surface area contributed by atoms with Crippen molar-refractivity contribution in [1.29, 1.82) is 0 Å². The fraction of sp³-hybridized carbons (Fsp3) is 0.163. The summed E-state index contributed by atoms with van der Waals surface area (Å²) < 4.78 is 6.65. The summed E-state index contributed by atoms with van der Waals surface area (Å²) in [5.74, 6) is 1.31. The van der Waals surface area contributed by atoms with Crippen LogP contribution in [-0.2, 0) is 33.5 Å². The maximum atomic E-state index is 4.94. The van der Waals surface area contributed by atoms with Crippen LogP contribution in [0.15, 0.2) is 128 Å². The van der Waals surface area contributed by atoms with Crippen molar-refractivity contribution in [3.8, 4) is 22.6 Å². The number of hydrogen-bond acceptors (Lipinski definition) is 1. The SMILES string of the molecule is CC(C)c1ccccc1-c1ccnc(-n2c3[c-]c(C(C)(C)c4[c-]c(-n5[cH+]n(C)c6ccccc65)ccc4)ccc3c3ccccc32)c1.[Pt]. The number of pyridine rings is 1. The molecule has 8 aromatic rings. The molecule has 0 unspecified atom stereocenters. The Morgan fingerprint density at radius 3 is 2.23 bits per heavy atom. The molecule has 240 valence electrons. The van der Waals surface area contributed by atoms with Crippen molar-refractivity contribution in [3.63, 3.8) is 0 Å². The zero-order chi connectivity index (χ0) is 32.3. The van der Waals surface area contributed by atoms with Crippen LogP contribution in [0.4, 0.5) is 0 Å². The Labute approximate surface area is 296 Å². The summed E-state index contributed by atoms with van der Waals surface area (Å²) >= 11 is 0. The minimum absolute atomic E-state index is 0. The number of aryl methyl sites for hydroxylation is 1. The summed E-state index contributed by atoms with van der Waals surface area (Å²) in [6.07, 6.45) is 4.06. The number of para-hydroxylation sites is 3. The Kier molecular flexibility index (Phi) is 8.17. The normalized spacial score (nSPS) is 11.9. The molecule has 0 saturated heterocycles. The molecule has 8 rings (SSSR count). The number of imidazole rings is 1. The van der Waals surface area contributed by atoms with Gasteiger partial charge in [0.25, 0.3) is 0 Å². The molecule has 3 heterocycles. The van der Waals surface area contributed by atoms with Crippen LogP contribution in [0.5, 0.6) is 0 Å². The van der Waals surface area contributed by atoms with Gasteiger partial charge in [-0.25, -0.2) is 14.1 Å². The fourth-order valence-electron chi connectivity index (χ4n) is 7.03.